The molecule has 1 saturated carbocycles. The van der Waals surface area contributed by atoms with Crippen molar-refractivity contribution in [2.24, 2.45) is 0 Å². The molecule has 102 valence electrons. The van der Waals surface area contributed by atoms with Crippen LogP contribution in [0.4, 0.5) is 0 Å². The highest BCUT2D eigenvalue weighted by atomic mass is 16.5. The minimum absolute atomic E-state index is 0.216. The van der Waals surface area contributed by atoms with E-state index in [0.29, 0.717) is 12.6 Å². The highest BCUT2D eigenvalue weighted by Crippen LogP contribution is 2.41. The Morgan fingerprint density at radius 3 is 2.72 bits per heavy atom. The van der Waals surface area contributed by atoms with Gasteiger partial charge in [-0.2, -0.15) is 5.26 Å². The van der Waals surface area contributed by atoms with E-state index in [-0.39, 0.29) is 5.60 Å². The molecule has 1 saturated heterocycles. The summed E-state index contributed by atoms with van der Waals surface area (Å²) in [6.45, 7) is 4.67. The molecule has 1 atom stereocenters. The summed E-state index contributed by atoms with van der Waals surface area (Å²) < 4.78 is 6.36. The van der Waals surface area contributed by atoms with Crippen molar-refractivity contribution in [2.45, 2.75) is 70.0 Å². The Hall–Kier alpha value is -0.590. The van der Waals surface area contributed by atoms with E-state index in [1.165, 1.54) is 44.9 Å². The van der Waals surface area contributed by atoms with Crippen LogP contribution >= 0.6 is 0 Å². The van der Waals surface area contributed by atoms with Crippen LogP contribution in [0.5, 0.6) is 0 Å². The van der Waals surface area contributed by atoms with Crippen molar-refractivity contribution in [2.75, 3.05) is 19.6 Å². The van der Waals surface area contributed by atoms with Crippen molar-refractivity contribution in [3.05, 3.63) is 0 Å². The van der Waals surface area contributed by atoms with Crippen molar-refractivity contribution in [3.8, 4) is 6.07 Å². The Labute approximate surface area is 111 Å². The topological polar surface area (TPSA) is 36.3 Å². The second-order valence-electron chi connectivity index (χ2n) is 5.92. The lowest BCUT2D eigenvalue weighted by Crippen LogP contribution is -2.37. The largest absolute Gasteiger partial charge is 0.370 e. The van der Waals surface area contributed by atoms with Crippen molar-refractivity contribution >= 4 is 0 Å². The fourth-order valence-electron chi connectivity index (χ4n) is 3.53. The van der Waals surface area contributed by atoms with Gasteiger partial charge in [-0.25, -0.2) is 0 Å². The molecule has 0 aromatic carbocycles. The highest BCUT2D eigenvalue weighted by Gasteiger charge is 2.40. The van der Waals surface area contributed by atoms with E-state index in [1.54, 1.807) is 0 Å². The van der Waals surface area contributed by atoms with Crippen LogP contribution in [0.2, 0.25) is 0 Å². The second-order valence-corrected chi connectivity index (χ2v) is 5.92. The standard InChI is InChI=1S/C15H26N2O/c1-2-11-17(12-10-16)13-14-6-9-15(18-14)7-4-3-5-8-15/h14H,2-9,11-13H2,1H3. The molecule has 0 N–H and O–H groups in total. The molecule has 18 heavy (non-hydrogen) atoms. The Morgan fingerprint density at radius 1 is 1.28 bits per heavy atom. The van der Waals surface area contributed by atoms with Gasteiger partial charge in [0.25, 0.3) is 0 Å². The maximum absolute atomic E-state index is 8.85. The maximum Gasteiger partial charge on any atom is 0.0866 e. The second kappa shape index (κ2) is 6.54. The molecule has 0 amide bonds. The molecule has 0 aromatic heterocycles. The first-order chi connectivity index (χ1) is 8.78. The lowest BCUT2D eigenvalue weighted by atomic mass is 9.83. The molecule has 2 fully saturated rings. The fourth-order valence-corrected chi connectivity index (χ4v) is 3.53. The lowest BCUT2D eigenvalue weighted by molar-refractivity contribution is -0.0709. The first-order valence-electron chi connectivity index (χ1n) is 7.55. The van der Waals surface area contributed by atoms with Crippen LogP contribution < -0.4 is 0 Å². The molecule has 1 aliphatic carbocycles. The van der Waals surface area contributed by atoms with Crippen LogP contribution in [-0.4, -0.2) is 36.2 Å². The molecule has 0 aromatic rings. The van der Waals surface area contributed by atoms with Gasteiger partial charge in [-0.1, -0.05) is 26.2 Å². The lowest BCUT2D eigenvalue weighted by Gasteiger charge is -2.34. The summed E-state index contributed by atoms with van der Waals surface area (Å²) in [4.78, 5) is 2.24. The number of nitriles is 1. The summed E-state index contributed by atoms with van der Waals surface area (Å²) in [7, 11) is 0. The quantitative estimate of drug-likeness (QED) is 0.703. The van der Waals surface area contributed by atoms with Gasteiger partial charge in [0.2, 0.25) is 0 Å². The zero-order valence-corrected chi connectivity index (χ0v) is 11.7. The summed E-state index contributed by atoms with van der Waals surface area (Å²) in [6.07, 6.45) is 10.5. The van der Waals surface area contributed by atoms with Gasteiger partial charge < -0.3 is 4.74 Å². The van der Waals surface area contributed by atoms with Crippen LogP contribution in [0.15, 0.2) is 0 Å². The van der Waals surface area contributed by atoms with Gasteiger partial charge in [0, 0.05) is 6.54 Å². The molecule has 0 bridgehead atoms. The predicted octanol–water partition coefficient (Wildman–Crippen LogP) is 3.10. The molecule has 1 aliphatic heterocycles. The number of rotatable bonds is 5. The minimum atomic E-state index is 0.216. The van der Waals surface area contributed by atoms with E-state index in [9.17, 15) is 0 Å². The van der Waals surface area contributed by atoms with Crippen LogP contribution in [0.1, 0.15) is 58.3 Å². The van der Waals surface area contributed by atoms with Gasteiger partial charge in [-0.15, -0.1) is 0 Å². The summed E-state index contributed by atoms with van der Waals surface area (Å²) in [6, 6.07) is 2.27. The van der Waals surface area contributed by atoms with E-state index >= 15 is 0 Å². The average Bonchev–Trinajstić information content (AvgIpc) is 2.74. The average molecular weight is 250 g/mol. The normalized spacial score (nSPS) is 26.6. The first-order valence-corrected chi connectivity index (χ1v) is 7.55. The van der Waals surface area contributed by atoms with Crippen LogP contribution in [0, 0.1) is 11.3 Å². The molecule has 3 nitrogen and oxygen atoms in total. The third-order valence-electron chi connectivity index (χ3n) is 4.40. The summed E-state index contributed by atoms with van der Waals surface area (Å²) in [5, 5.41) is 8.85. The number of hydrogen-bond acceptors (Lipinski definition) is 3. The number of nitrogens with zero attached hydrogens (tertiary/aromatic N) is 2. The van der Waals surface area contributed by atoms with Gasteiger partial charge in [-0.3, -0.25) is 4.90 Å². The molecule has 3 heteroatoms. The maximum atomic E-state index is 8.85. The van der Waals surface area contributed by atoms with Gasteiger partial charge in [0.15, 0.2) is 0 Å². The van der Waals surface area contributed by atoms with E-state index in [1.807, 2.05) is 0 Å². The fraction of sp³-hybridized carbons (Fsp3) is 0.933. The first kappa shape index (κ1) is 13.8. The van der Waals surface area contributed by atoms with Gasteiger partial charge in [-0.05, 0) is 38.6 Å². The zero-order valence-electron chi connectivity index (χ0n) is 11.7. The van der Waals surface area contributed by atoms with E-state index in [4.69, 9.17) is 10.00 Å². The van der Waals surface area contributed by atoms with Crippen LogP contribution in [0.3, 0.4) is 0 Å². The smallest absolute Gasteiger partial charge is 0.0866 e. The van der Waals surface area contributed by atoms with Gasteiger partial charge >= 0.3 is 0 Å². The Kier molecular flexibility index (Phi) is 5.03. The predicted molar refractivity (Wildman–Crippen MR) is 72.3 cm³/mol. The number of hydrogen-bond donors (Lipinski definition) is 0. The third-order valence-corrected chi connectivity index (χ3v) is 4.40. The minimum Gasteiger partial charge on any atom is -0.370 e. The zero-order chi connectivity index (χ0) is 12.8. The Bertz CT molecular complexity index is 291. The molecule has 1 heterocycles. The van der Waals surface area contributed by atoms with Crippen molar-refractivity contribution in [3.63, 3.8) is 0 Å². The molecular weight excluding hydrogens is 224 g/mol. The molecule has 2 rings (SSSR count). The molecule has 1 spiro atoms. The van der Waals surface area contributed by atoms with E-state index in [0.717, 1.165) is 19.5 Å². The highest BCUT2D eigenvalue weighted by molar-refractivity contribution is 4.92. The molecular formula is C15H26N2O. The van der Waals surface area contributed by atoms with Crippen LogP contribution in [0.25, 0.3) is 0 Å². The monoisotopic (exact) mass is 250 g/mol. The summed E-state index contributed by atoms with van der Waals surface area (Å²) in [5.74, 6) is 0. The SMILES string of the molecule is CCCN(CC#N)CC1CCC2(CCCCC2)O1. The van der Waals surface area contributed by atoms with Gasteiger partial charge in [0.1, 0.15) is 0 Å². The van der Waals surface area contributed by atoms with Crippen molar-refractivity contribution in [1.82, 2.24) is 4.90 Å². The molecule has 0 radical (unpaired) electrons. The summed E-state index contributed by atoms with van der Waals surface area (Å²) >= 11 is 0. The van der Waals surface area contributed by atoms with Crippen molar-refractivity contribution < 1.29 is 4.74 Å². The van der Waals surface area contributed by atoms with E-state index in [2.05, 4.69) is 17.9 Å². The van der Waals surface area contributed by atoms with Crippen LogP contribution in [-0.2, 0) is 4.74 Å². The number of ether oxygens (including phenoxy) is 1. The Balaban J connectivity index is 1.82. The van der Waals surface area contributed by atoms with E-state index < -0.39 is 0 Å². The Morgan fingerprint density at radius 2 is 2.06 bits per heavy atom. The molecule has 1 unspecified atom stereocenters. The molecule has 2 aliphatic rings. The summed E-state index contributed by atoms with van der Waals surface area (Å²) in [5.41, 5.74) is 0.216. The van der Waals surface area contributed by atoms with Gasteiger partial charge in [0.05, 0.1) is 24.3 Å². The third kappa shape index (κ3) is 3.46. The van der Waals surface area contributed by atoms with Crippen molar-refractivity contribution in [1.29, 1.82) is 5.26 Å².